The van der Waals surface area contributed by atoms with E-state index in [1.54, 1.807) is 0 Å². The zero-order chi connectivity index (χ0) is 10.4. The molecule has 1 unspecified atom stereocenters. The summed E-state index contributed by atoms with van der Waals surface area (Å²) < 4.78 is 11.6. The molecule has 2 nitrogen and oxygen atoms in total. The number of hydrogen-bond acceptors (Lipinski definition) is 2. The molecule has 0 N–H and O–H groups in total. The molecule has 2 spiro atoms. The molecule has 2 saturated carbocycles. The van der Waals surface area contributed by atoms with Gasteiger partial charge in [-0.15, -0.1) is 0 Å². The van der Waals surface area contributed by atoms with Crippen molar-refractivity contribution in [2.45, 2.75) is 57.7 Å². The van der Waals surface area contributed by atoms with Crippen LogP contribution in [0.1, 0.15) is 51.9 Å². The fourth-order valence-corrected chi connectivity index (χ4v) is 3.90. The van der Waals surface area contributed by atoms with Crippen LogP contribution in [0.25, 0.3) is 0 Å². The molecule has 1 atom stereocenters. The molecule has 3 rings (SSSR count). The van der Waals surface area contributed by atoms with Crippen LogP contribution >= 0.6 is 0 Å². The summed E-state index contributed by atoms with van der Waals surface area (Å²) in [6, 6.07) is 0. The molecule has 1 heterocycles. The van der Waals surface area contributed by atoms with Crippen molar-refractivity contribution in [2.75, 3.05) is 13.2 Å². The lowest BCUT2D eigenvalue weighted by atomic mass is 9.70. The Kier molecular flexibility index (Phi) is 2.33. The van der Waals surface area contributed by atoms with Gasteiger partial charge in [0.15, 0.2) is 5.79 Å². The summed E-state index contributed by atoms with van der Waals surface area (Å²) in [7, 11) is 0. The van der Waals surface area contributed by atoms with Gasteiger partial charge in [0.05, 0.1) is 13.2 Å². The largest absolute Gasteiger partial charge is 0.348 e. The monoisotopic (exact) mass is 210 g/mol. The van der Waals surface area contributed by atoms with Crippen molar-refractivity contribution in [1.29, 1.82) is 0 Å². The lowest BCUT2D eigenvalue weighted by Crippen LogP contribution is -2.39. The van der Waals surface area contributed by atoms with Crippen LogP contribution in [0.3, 0.4) is 0 Å². The predicted octanol–water partition coefficient (Wildman–Crippen LogP) is 3.11. The Morgan fingerprint density at radius 1 is 0.933 bits per heavy atom. The molecule has 1 aliphatic heterocycles. The van der Waals surface area contributed by atoms with E-state index in [-0.39, 0.29) is 5.79 Å². The minimum absolute atomic E-state index is 0.156. The summed E-state index contributed by atoms with van der Waals surface area (Å²) in [5.74, 6) is 0.793. The Balaban J connectivity index is 1.65. The Labute approximate surface area is 92.3 Å². The normalized spacial score (nSPS) is 37.8. The summed E-state index contributed by atoms with van der Waals surface area (Å²) in [6.07, 6.45) is 9.27. The highest BCUT2D eigenvalue weighted by Crippen LogP contribution is 2.54. The Morgan fingerprint density at radius 2 is 1.60 bits per heavy atom. The van der Waals surface area contributed by atoms with E-state index in [9.17, 15) is 0 Å². The molecule has 3 fully saturated rings. The summed E-state index contributed by atoms with van der Waals surface area (Å²) in [5, 5.41) is 0. The third kappa shape index (κ3) is 1.72. The topological polar surface area (TPSA) is 18.5 Å². The molecule has 2 aliphatic carbocycles. The van der Waals surface area contributed by atoms with Crippen molar-refractivity contribution in [2.24, 2.45) is 11.3 Å². The molecule has 0 aromatic rings. The first kappa shape index (κ1) is 10.1. The zero-order valence-electron chi connectivity index (χ0n) is 9.76. The van der Waals surface area contributed by atoms with Crippen molar-refractivity contribution in [3.8, 4) is 0 Å². The van der Waals surface area contributed by atoms with E-state index in [0.29, 0.717) is 5.41 Å². The second-order valence-corrected chi connectivity index (χ2v) is 5.96. The molecule has 2 heteroatoms. The fraction of sp³-hybridized carbons (Fsp3) is 1.00. The van der Waals surface area contributed by atoms with Crippen LogP contribution in [0.2, 0.25) is 0 Å². The van der Waals surface area contributed by atoms with Crippen LogP contribution in [0.4, 0.5) is 0 Å². The number of rotatable bonds is 0. The average molecular weight is 210 g/mol. The summed E-state index contributed by atoms with van der Waals surface area (Å²) in [6.45, 7) is 4.02. The first-order valence-electron chi connectivity index (χ1n) is 6.50. The van der Waals surface area contributed by atoms with Crippen LogP contribution in [0, 0.1) is 11.3 Å². The van der Waals surface area contributed by atoms with Gasteiger partial charge in [0.2, 0.25) is 0 Å². The van der Waals surface area contributed by atoms with Gasteiger partial charge in [-0.3, -0.25) is 0 Å². The van der Waals surface area contributed by atoms with Gasteiger partial charge in [0.1, 0.15) is 0 Å². The molecule has 1 saturated heterocycles. The minimum atomic E-state index is -0.156. The third-order valence-corrected chi connectivity index (χ3v) is 4.83. The van der Waals surface area contributed by atoms with Gasteiger partial charge >= 0.3 is 0 Å². The van der Waals surface area contributed by atoms with Crippen molar-refractivity contribution >= 4 is 0 Å². The molecule has 86 valence electrons. The van der Waals surface area contributed by atoms with E-state index >= 15 is 0 Å². The van der Waals surface area contributed by atoms with Crippen LogP contribution in [-0.2, 0) is 9.47 Å². The Bertz CT molecular complexity index is 233. The Hall–Kier alpha value is -0.0800. The number of ether oxygens (including phenoxy) is 2. The first-order valence-corrected chi connectivity index (χ1v) is 6.50. The van der Waals surface area contributed by atoms with Crippen molar-refractivity contribution in [1.82, 2.24) is 0 Å². The minimum Gasteiger partial charge on any atom is -0.348 e. The van der Waals surface area contributed by atoms with Gasteiger partial charge in [-0.1, -0.05) is 13.3 Å². The maximum Gasteiger partial charge on any atom is 0.168 e. The van der Waals surface area contributed by atoms with Crippen molar-refractivity contribution in [3.63, 3.8) is 0 Å². The van der Waals surface area contributed by atoms with Crippen LogP contribution < -0.4 is 0 Å². The standard InChI is InChI=1S/C13H22O2/c1-11-2-3-12(10-11)4-6-13(7-5-12)14-8-9-15-13/h11H,2-10H2,1H3. The highest BCUT2D eigenvalue weighted by Gasteiger charge is 2.48. The molecule has 0 aromatic heterocycles. The third-order valence-electron chi connectivity index (χ3n) is 4.83. The Morgan fingerprint density at radius 3 is 2.13 bits per heavy atom. The lowest BCUT2D eigenvalue weighted by molar-refractivity contribution is -0.191. The van der Waals surface area contributed by atoms with E-state index < -0.39 is 0 Å². The molecular weight excluding hydrogens is 188 g/mol. The zero-order valence-corrected chi connectivity index (χ0v) is 9.76. The second kappa shape index (κ2) is 3.46. The summed E-state index contributed by atoms with van der Waals surface area (Å²) in [4.78, 5) is 0. The smallest absolute Gasteiger partial charge is 0.168 e. The molecular formula is C13H22O2. The predicted molar refractivity (Wildman–Crippen MR) is 58.6 cm³/mol. The van der Waals surface area contributed by atoms with Gasteiger partial charge in [0.25, 0.3) is 0 Å². The molecule has 3 aliphatic rings. The quantitative estimate of drug-likeness (QED) is 0.611. The van der Waals surface area contributed by atoms with Crippen LogP contribution in [-0.4, -0.2) is 19.0 Å². The van der Waals surface area contributed by atoms with E-state index in [1.165, 1.54) is 32.1 Å². The maximum atomic E-state index is 5.79. The van der Waals surface area contributed by atoms with E-state index in [1.807, 2.05) is 0 Å². The van der Waals surface area contributed by atoms with Gasteiger partial charge in [-0.2, -0.15) is 0 Å². The number of hydrogen-bond donors (Lipinski definition) is 0. The van der Waals surface area contributed by atoms with E-state index in [2.05, 4.69) is 6.92 Å². The maximum absolute atomic E-state index is 5.79. The van der Waals surface area contributed by atoms with Crippen LogP contribution in [0.15, 0.2) is 0 Å². The van der Waals surface area contributed by atoms with Crippen LogP contribution in [0.5, 0.6) is 0 Å². The average Bonchev–Trinajstić information content (AvgIpc) is 2.81. The van der Waals surface area contributed by atoms with Crippen molar-refractivity contribution in [3.05, 3.63) is 0 Å². The molecule has 0 bridgehead atoms. The van der Waals surface area contributed by atoms with E-state index in [0.717, 1.165) is 32.0 Å². The second-order valence-electron chi connectivity index (χ2n) is 5.96. The molecule has 0 amide bonds. The summed E-state index contributed by atoms with van der Waals surface area (Å²) in [5.41, 5.74) is 0.667. The SMILES string of the molecule is CC1CCC2(CCC3(CC2)OCCO3)C1. The van der Waals surface area contributed by atoms with Gasteiger partial charge in [-0.05, 0) is 37.0 Å². The molecule has 0 aromatic carbocycles. The van der Waals surface area contributed by atoms with Crippen molar-refractivity contribution < 1.29 is 9.47 Å². The van der Waals surface area contributed by atoms with Gasteiger partial charge < -0.3 is 9.47 Å². The van der Waals surface area contributed by atoms with Gasteiger partial charge in [-0.25, -0.2) is 0 Å². The highest BCUT2D eigenvalue weighted by atomic mass is 16.7. The molecule has 15 heavy (non-hydrogen) atoms. The molecule has 0 radical (unpaired) electrons. The van der Waals surface area contributed by atoms with Gasteiger partial charge in [0, 0.05) is 12.8 Å². The summed E-state index contributed by atoms with van der Waals surface area (Å²) >= 11 is 0. The fourth-order valence-electron chi connectivity index (χ4n) is 3.90. The first-order chi connectivity index (χ1) is 7.22. The lowest BCUT2D eigenvalue weighted by Gasteiger charge is -2.41. The van der Waals surface area contributed by atoms with E-state index in [4.69, 9.17) is 9.47 Å². The highest BCUT2D eigenvalue weighted by molar-refractivity contribution is 4.95.